The van der Waals surface area contributed by atoms with E-state index >= 15 is 0 Å². The van der Waals surface area contributed by atoms with E-state index in [0.717, 1.165) is 39.7 Å². The van der Waals surface area contributed by atoms with Gasteiger partial charge in [0.1, 0.15) is 6.29 Å². The van der Waals surface area contributed by atoms with Gasteiger partial charge in [0.15, 0.2) is 0 Å². The zero-order valence-corrected chi connectivity index (χ0v) is 17.3. The molecule has 0 aromatic heterocycles. The molecule has 7 rings (SSSR count). The molecule has 2 unspecified atom stereocenters. The van der Waals surface area contributed by atoms with Crippen LogP contribution in [-0.2, 0) is 19.8 Å². The summed E-state index contributed by atoms with van der Waals surface area (Å²) < 4.78 is 0. The molecule has 152 valence electrons. The van der Waals surface area contributed by atoms with Crippen molar-refractivity contribution in [2.75, 3.05) is 4.90 Å². The highest BCUT2D eigenvalue weighted by Crippen LogP contribution is 2.63. The maximum atomic E-state index is 13.9. The lowest BCUT2D eigenvalue weighted by Gasteiger charge is -2.51. The fourth-order valence-electron chi connectivity index (χ4n) is 6.25. The van der Waals surface area contributed by atoms with E-state index in [9.17, 15) is 14.4 Å². The molecule has 4 heteroatoms. The summed E-state index contributed by atoms with van der Waals surface area (Å²) in [5, 5.41) is 0. The van der Waals surface area contributed by atoms with E-state index in [1.807, 2.05) is 80.6 Å². The Bertz CT molecular complexity index is 1260. The van der Waals surface area contributed by atoms with Crippen molar-refractivity contribution in [3.05, 3.63) is 100 Å². The van der Waals surface area contributed by atoms with Crippen molar-refractivity contribution in [2.45, 2.75) is 25.2 Å². The normalized spacial score (nSPS) is 27.7. The maximum Gasteiger partial charge on any atom is 0.239 e. The van der Waals surface area contributed by atoms with Gasteiger partial charge in [0.25, 0.3) is 0 Å². The van der Waals surface area contributed by atoms with Gasteiger partial charge in [-0.15, -0.1) is 0 Å². The Morgan fingerprint density at radius 2 is 1.42 bits per heavy atom. The first-order valence-corrected chi connectivity index (χ1v) is 10.6. The Morgan fingerprint density at radius 1 is 0.806 bits per heavy atom. The highest BCUT2D eigenvalue weighted by molar-refractivity contribution is 6.25. The van der Waals surface area contributed by atoms with E-state index in [1.54, 1.807) is 0 Å². The Balaban J connectivity index is 1.66. The molecule has 4 nitrogen and oxygen atoms in total. The summed E-state index contributed by atoms with van der Waals surface area (Å²) in [6.45, 7) is 3.90. The van der Waals surface area contributed by atoms with Crippen molar-refractivity contribution in [2.24, 2.45) is 11.8 Å². The molecule has 0 saturated carbocycles. The van der Waals surface area contributed by atoms with Gasteiger partial charge in [-0.1, -0.05) is 60.7 Å². The van der Waals surface area contributed by atoms with Crippen molar-refractivity contribution in [1.82, 2.24) is 0 Å². The van der Waals surface area contributed by atoms with Gasteiger partial charge in [0, 0.05) is 5.92 Å². The van der Waals surface area contributed by atoms with Crippen molar-refractivity contribution in [3.8, 4) is 0 Å². The quantitative estimate of drug-likeness (QED) is 0.476. The summed E-state index contributed by atoms with van der Waals surface area (Å²) in [6, 6.07) is 21.3. The zero-order chi connectivity index (χ0) is 21.5. The second-order valence-electron chi connectivity index (χ2n) is 8.87. The molecule has 4 aliphatic rings. The molecule has 0 radical (unpaired) electrons. The number of amides is 2. The second-order valence-corrected chi connectivity index (χ2v) is 8.87. The average molecular weight is 407 g/mol. The number of nitrogens with zero attached hydrogens (tertiary/aromatic N) is 1. The molecule has 3 aromatic carbocycles. The Labute approximate surface area is 180 Å². The number of aldehydes is 1. The van der Waals surface area contributed by atoms with Crippen LogP contribution in [0.2, 0.25) is 0 Å². The summed E-state index contributed by atoms with van der Waals surface area (Å²) in [7, 11) is 0. The molecule has 1 fully saturated rings. The molecular weight excluding hydrogens is 386 g/mol. The van der Waals surface area contributed by atoms with Gasteiger partial charge in [0.05, 0.1) is 22.9 Å². The standard InChI is InChI=1S/C27H21NO3/c1-15-8-7-13-21(16(15)2)28-25(30)23-22-17-9-3-5-11-19(17)27(14-29,24(23)26(28)31)20-12-6-4-10-18(20)22/h3-14,22-24H,1-2H3. The predicted molar refractivity (Wildman–Crippen MR) is 117 cm³/mol. The minimum Gasteiger partial charge on any atom is -0.302 e. The van der Waals surface area contributed by atoms with E-state index in [4.69, 9.17) is 0 Å². The predicted octanol–water partition coefficient (Wildman–Crippen LogP) is 4.05. The van der Waals surface area contributed by atoms with Crippen LogP contribution in [0.4, 0.5) is 5.69 Å². The van der Waals surface area contributed by atoms with Crippen LogP contribution in [0.25, 0.3) is 0 Å². The molecule has 1 aliphatic heterocycles. The molecule has 2 atom stereocenters. The minimum absolute atomic E-state index is 0.205. The number of hydrogen-bond acceptors (Lipinski definition) is 3. The van der Waals surface area contributed by atoms with Gasteiger partial charge < -0.3 is 4.79 Å². The second kappa shape index (κ2) is 6.01. The Morgan fingerprint density at radius 3 is 2.03 bits per heavy atom. The fourth-order valence-corrected chi connectivity index (χ4v) is 6.25. The van der Waals surface area contributed by atoms with Crippen LogP contribution in [0, 0.1) is 25.7 Å². The molecular formula is C27H21NO3. The first-order valence-electron chi connectivity index (χ1n) is 10.6. The maximum absolute atomic E-state index is 13.9. The number of aryl methyl sites for hydroxylation is 1. The van der Waals surface area contributed by atoms with Crippen LogP contribution in [0.3, 0.4) is 0 Å². The summed E-state index contributed by atoms with van der Waals surface area (Å²) in [5.74, 6) is -2.02. The number of imide groups is 1. The average Bonchev–Trinajstić information content (AvgIpc) is 3.07. The third-order valence-corrected chi connectivity index (χ3v) is 7.69. The topological polar surface area (TPSA) is 54.5 Å². The highest BCUT2D eigenvalue weighted by Gasteiger charge is 2.68. The molecule has 2 amide bonds. The first kappa shape index (κ1) is 18.3. The van der Waals surface area contributed by atoms with Gasteiger partial charge in [-0.3, -0.25) is 9.59 Å². The van der Waals surface area contributed by atoms with E-state index in [0.29, 0.717) is 5.69 Å². The SMILES string of the molecule is Cc1cccc(N2C(=O)C3C4c5ccccc5C(C=O)(c5ccccc54)C3C2=O)c1C. The lowest BCUT2D eigenvalue weighted by Crippen LogP contribution is -2.54. The largest absolute Gasteiger partial charge is 0.302 e. The molecule has 0 N–H and O–H groups in total. The number of carbonyl (C=O) groups excluding carboxylic acids is 3. The van der Waals surface area contributed by atoms with Crippen LogP contribution in [0.5, 0.6) is 0 Å². The molecule has 1 heterocycles. The molecule has 3 aromatic rings. The van der Waals surface area contributed by atoms with Crippen molar-refractivity contribution >= 4 is 23.8 Å². The van der Waals surface area contributed by atoms with Gasteiger partial charge >= 0.3 is 0 Å². The van der Waals surface area contributed by atoms with Gasteiger partial charge in [-0.05, 0) is 53.3 Å². The number of anilines is 1. The van der Waals surface area contributed by atoms with Crippen molar-refractivity contribution in [3.63, 3.8) is 0 Å². The third-order valence-electron chi connectivity index (χ3n) is 7.69. The lowest BCUT2D eigenvalue weighted by atomic mass is 9.48. The van der Waals surface area contributed by atoms with Crippen LogP contribution in [0.1, 0.15) is 39.3 Å². The monoisotopic (exact) mass is 407 g/mol. The first-order chi connectivity index (χ1) is 15.0. The van der Waals surface area contributed by atoms with Crippen LogP contribution in [0.15, 0.2) is 66.7 Å². The number of benzene rings is 3. The smallest absolute Gasteiger partial charge is 0.239 e. The number of rotatable bonds is 2. The van der Waals surface area contributed by atoms with E-state index in [-0.39, 0.29) is 17.7 Å². The zero-order valence-electron chi connectivity index (χ0n) is 17.3. The highest BCUT2D eigenvalue weighted by atomic mass is 16.2. The summed E-state index contributed by atoms with van der Waals surface area (Å²) >= 11 is 0. The Hall–Kier alpha value is -3.53. The van der Waals surface area contributed by atoms with Crippen LogP contribution in [-0.4, -0.2) is 18.1 Å². The molecule has 0 spiro atoms. The number of hydrogen-bond donors (Lipinski definition) is 0. The molecule has 2 bridgehead atoms. The summed E-state index contributed by atoms with van der Waals surface area (Å²) in [4.78, 5) is 42.1. The summed E-state index contributed by atoms with van der Waals surface area (Å²) in [5.41, 5.74) is 5.09. The van der Waals surface area contributed by atoms with Crippen molar-refractivity contribution in [1.29, 1.82) is 0 Å². The van der Waals surface area contributed by atoms with E-state index < -0.39 is 17.3 Å². The fraction of sp³-hybridized carbons (Fsp3) is 0.222. The van der Waals surface area contributed by atoms with E-state index in [2.05, 4.69) is 0 Å². The van der Waals surface area contributed by atoms with Crippen LogP contribution < -0.4 is 4.90 Å². The van der Waals surface area contributed by atoms with Gasteiger partial charge in [-0.2, -0.15) is 0 Å². The Kier molecular flexibility index (Phi) is 3.54. The van der Waals surface area contributed by atoms with Gasteiger partial charge in [0.2, 0.25) is 11.8 Å². The minimum atomic E-state index is -1.15. The molecule has 1 saturated heterocycles. The third kappa shape index (κ3) is 1.98. The van der Waals surface area contributed by atoms with E-state index in [1.165, 1.54) is 4.90 Å². The van der Waals surface area contributed by atoms with Crippen molar-refractivity contribution < 1.29 is 14.4 Å². The summed E-state index contributed by atoms with van der Waals surface area (Å²) in [6.07, 6.45) is 0.912. The molecule has 3 aliphatic carbocycles. The van der Waals surface area contributed by atoms with Crippen LogP contribution >= 0.6 is 0 Å². The molecule has 31 heavy (non-hydrogen) atoms. The van der Waals surface area contributed by atoms with Gasteiger partial charge in [-0.25, -0.2) is 4.90 Å². The number of carbonyl (C=O) groups is 3. The lowest BCUT2D eigenvalue weighted by molar-refractivity contribution is -0.128.